The molecule has 8 heteroatoms. The van der Waals surface area contributed by atoms with E-state index in [4.69, 9.17) is 9.68 Å². The molecule has 1 aromatic carbocycles. The van der Waals surface area contributed by atoms with E-state index in [0.29, 0.717) is 27.9 Å². The third-order valence-electron chi connectivity index (χ3n) is 4.88. The molecule has 1 amide bonds. The van der Waals surface area contributed by atoms with E-state index >= 15 is 0 Å². The van der Waals surface area contributed by atoms with Crippen molar-refractivity contribution < 1.29 is 14.3 Å². The highest BCUT2D eigenvalue weighted by Crippen LogP contribution is 2.33. The van der Waals surface area contributed by atoms with E-state index in [9.17, 15) is 9.90 Å². The second-order valence-electron chi connectivity index (χ2n) is 8.00. The third-order valence-corrected chi connectivity index (χ3v) is 4.88. The Bertz CT molecular complexity index is 1320. The molecule has 8 nitrogen and oxygen atoms in total. The molecule has 3 aromatic heterocycles. The first kappa shape index (κ1) is 19.6. The quantitative estimate of drug-likeness (QED) is 0.529. The number of carbonyl (C=O) groups excluding carboxylic acids is 1. The normalized spacial score (nSPS) is 11.9. The van der Waals surface area contributed by atoms with Crippen molar-refractivity contribution in [3.05, 3.63) is 53.5 Å². The van der Waals surface area contributed by atoms with Crippen molar-refractivity contribution in [1.29, 1.82) is 5.26 Å². The van der Waals surface area contributed by atoms with Crippen molar-refractivity contribution in [3.8, 4) is 6.07 Å². The maximum atomic E-state index is 13.0. The number of hydrogen-bond donors (Lipinski definition) is 2. The fourth-order valence-corrected chi connectivity index (χ4v) is 3.29. The lowest BCUT2D eigenvalue weighted by atomic mass is 9.95. The summed E-state index contributed by atoms with van der Waals surface area (Å²) in [5, 5.41) is 27.9. The second kappa shape index (κ2) is 6.97. The molecule has 0 radical (unpaired) electrons. The van der Waals surface area contributed by atoms with Gasteiger partial charge in [0, 0.05) is 41.1 Å². The number of rotatable bonds is 4. The molecule has 3 heterocycles. The average Bonchev–Trinajstić information content (AvgIpc) is 3.29. The molecular formula is C22H21N5O3. The van der Waals surface area contributed by atoms with E-state index in [1.165, 1.54) is 18.5 Å². The lowest BCUT2D eigenvalue weighted by molar-refractivity contribution is 0.0794. The highest BCUT2D eigenvalue weighted by atomic mass is 16.3. The first-order valence-electron chi connectivity index (χ1n) is 9.52. The highest BCUT2D eigenvalue weighted by Gasteiger charge is 2.24. The predicted octanol–water partition coefficient (Wildman–Crippen LogP) is 4.11. The van der Waals surface area contributed by atoms with Gasteiger partial charge in [0.25, 0.3) is 5.91 Å². The first-order chi connectivity index (χ1) is 14.2. The Kier molecular flexibility index (Phi) is 4.56. The number of pyridine rings is 1. The minimum absolute atomic E-state index is 0.183. The Morgan fingerprint density at radius 3 is 2.77 bits per heavy atom. The number of aromatic nitrogens is 3. The van der Waals surface area contributed by atoms with Gasteiger partial charge in [0.1, 0.15) is 23.4 Å². The van der Waals surface area contributed by atoms with Crippen molar-refractivity contribution in [2.24, 2.45) is 0 Å². The smallest absolute Gasteiger partial charge is 0.261 e. The maximum absolute atomic E-state index is 13.0. The molecule has 0 aliphatic carbocycles. The molecule has 0 atom stereocenters. The van der Waals surface area contributed by atoms with Crippen molar-refractivity contribution in [1.82, 2.24) is 14.8 Å². The number of nitriles is 1. The Labute approximate surface area is 172 Å². The zero-order valence-electron chi connectivity index (χ0n) is 17.1. The summed E-state index contributed by atoms with van der Waals surface area (Å²) >= 11 is 0. The van der Waals surface area contributed by atoms with Gasteiger partial charge in [-0.05, 0) is 39.8 Å². The van der Waals surface area contributed by atoms with Crippen molar-refractivity contribution >= 4 is 33.6 Å². The molecule has 0 saturated carbocycles. The average molecular weight is 403 g/mol. The second-order valence-corrected chi connectivity index (χ2v) is 8.00. The van der Waals surface area contributed by atoms with Gasteiger partial charge in [-0.25, -0.2) is 0 Å². The molecule has 0 spiro atoms. The van der Waals surface area contributed by atoms with Gasteiger partial charge in [-0.1, -0.05) is 0 Å². The predicted molar refractivity (Wildman–Crippen MR) is 112 cm³/mol. The number of anilines is 1. The summed E-state index contributed by atoms with van der Waals surface area (Å²) in [6, 6.07) is 7.30. The Hall–Kier alpha value is -3.70. The number of nitrogens with one attached hydrogen (secondary N) is 1. The van der Waals surface area contributed by atoms with E-state index in [-0.39, 0.29) is 11.6 Å². The molecule has 0 saturated heterocycles. The Morgan fingerprint density at radius 2 is 2.10 bits per heavy atom. The zero-order valence-corrected chi connectivity index (χ0v) is 17.1. The fraction of sp³-hybridized carbons (Fsp3) is 0.273. The fourth-order valence-electron chi connectivity index (χ4n) is 3.29. The van der Waals surface area contributed by atoms with Crippen LogP contribution in [0.1, 0.15) is 55.2 Å². The maximum Gasteiger partial charge on any atom is 0.261 e. The van der Waals surface area contributed by atoms with Crippen LogP contribution in [0.4, 0.5) is 5.69 Å². The summed E-state index contributed by atoms with van der Waals surface area (Å²) in [6.07, 6.45) is 4.61. The molecule has 2 N–H and O–H groups in total. The van der Waals surface area contributed by atoms with Crippen LogP contribution in [-0.4, -0.2) is 25.8 Å². The van der Waals surface area contributed by atoms with Crippen molar-refractivity contribution in [2.45, 2.75) is 39.3 Å². The largest absolute Gasteiger partial charge is 0.462 e. The number of fused-ring (bicyclic) bond motifs is 2. The minimum Gasteiger partial charge on any atom is -0.462 e. The van der Waals surface area contributed by atoms with Gasteiger partial charge in [0.15, 0.2) is 5.58 Å². The van der Waals surface area contributed by atoms with Gasteiger partial charge in [0.05, 0.1) is 16.7 Å². The summed E-state index contributed by atoms with van der Waals surface area (Å²) in [5.74, 6) is -0.424. The molecule has 0 fully saturated rings. The van der Waals surface area contributed by atoms with Crippen LogP contribution in [0, 0.1) is 11.3 Å². The molecule has 0 aliphatic heterocycles. The number of furan rings is 1. The van der Waals surface area contributed by atoms with E-state index in [1.807, 2.05) is 30.8 Å². The number of nitrogens with zero attached hydrogens (tertiary/aromatic N) is 4. The van der Waals surface area contributed by atoms with Crippen LogP contribution in [0.15, 0.2) is 41.3 Å². The molecule has 4 rings (SSSR count). The Balaban J connectivity index is 1.77. The van der Waals surface area contributed by atoms with Gasteiger partial charge in [-0.3, -0.25) is 14.5 Å². The topological polar surface area (TPSA) is 117 Å². The highest BCUT2D eigenvalue weighted by molar-refractivity contribution is 6.12. The standard InChI is InChI=1S/C22H21N5O3/c1-12(2)27-10-14-6-18(16(22(3,4)29)7-17(14)26-27)25-21(28)15-11-30-19-5-13(8-23)9-24-20(15)19/h5-7,9-12,29H,1-4H3,(H,25,28). The lowest BCUT2D eigenvalue weighted by Gasteiger charge is -2.22. The van der Waals surface area contributed by atoms with Crippen LogP contribution in [0.25, 0.3) is 22.0 Å². The summed E-state index contributed by atoms with van der Waals surface area (Å²) in [7, 11) is 0. The summed E-state index contributed by atoms with van der Waals surface area (Å²) in [6.45, 7) is 7.36. The van der Waals surface area contributed by atoms with E-state index in [2.05, 4.69) is 15.4 Å². The van der Waals surface area contributed by atoms with Crippen LogP contribution >= 0.6 is 0 Å². The number of carbonyl (C=O) groups is 1. The minimum atomic E-state index is -1.20. The molecule has 0 bridgehead atoms. The Morgan fingerprint density at radius 1 is 1.33 bits per heavy atom. The molecular weight excluding hydrogens is 382 g/mol. The van der Waals surface area contributed by atoms with Gasteiger partial charge in [-0.15, -0.1) is 0 Å². The first-order valence-corrected chi connectivity index (χ1v) is 9.52. The molecule has 0 aliphatic rings. The molecule has 4 aromatic rings. The van der Waals surface area contributed by atoms with Gasteiger partial charge >= 0.3 is 0 Å². The van der Waals surface area contributed by atoms with Crippen LogP contribution < -0.4 is 5.32 Å². The molecule has 152 valence electrons. The van der Waals surface area contributed by atoms with Gasteiger partial charge in [-0.2, -0.15) is 10.4 Å². The van der Waals surface area contributed by atoms with Gasteiger partial charge < -0.3 is 14.8 Å². The summed E-state index contributed by atoms with van der Waals surface area (Å²) < 4.78 is 7.25. The lowest BCUT2D eigenvalue weighted by Crippen LogP contribution is -2.21. The van der Waals surface area contributed by atoms with Gasteiger partial charge in [0.2, 0.25) is 0 Å². The van der Waals surface area contributed by atoms with E-state index in [1.54, 1.807) is 26.0 Å². The number of amides is 1. The van der Waals surface area contributed by atoms with E-state index in [0.717, 1.165) is 10.9 Å². The third kappa shape index (κ3) is 3.40. The van der Waals surface area contributed by atoms with E-state index < -0.39 is 11.5 Å². The SMILES string of the molecule is CC(C)n1cc2cc(NC(=O)c3coc4cc(C#N)cnc34)c(C(C)(C)O)cc2n1. The number of hydrogen-bond acceptors (Lipinski definition) is 6. The van der Waals surface area contributed by atoms with Crippen LogP contribution in [-0.2, 0) is 5.60 Å². The molecule has 30 heavy (non-hydrogen) atoms. The number of aliphatic hydroxyl groups is 1. The van der Waals surface area contributed by atoms with Crippen molar-refractivity contribution in [2.75, 3.05) is 5.32 Å². The zero-order chi connectivity index (χ0) is 21.6. The van der Waals surface area contributed by atoms with Crippen LogP contribution in [0.3, 0.4) is 0 Å². The monoisotopic (exact) mass is 403 g/mol. The summed E-state index contributed by atoms with van der Waals surface area (Å²) in [5.41, 5.74) is 1.88. The van der Waals surface area contributed by atoms with Crippen LogP contribution in [0.5, 0.6) is 0 Å². The summed E-state index contributed by atoms with van der Waals surface area (Å²) in [4.78, 5) is 17.2. The van der Waals surface area contributed by atoms with Crippen molar-refractivity contribution in [3.63, 3.8) is 0 Å². The number of benzene rings is 1. The van der Waals surface area contributed by atoms with Crippen LogP contribution in [0.2, 0.25) is 0 Å². The molecule has 0 unspecified atom stereocenters.